The average Bonchev–Trinajstić information content (AvgIpc) is 2.47. The number of ether oxygens (including phenoxy) is 1. The largest absolute Gasteiger partial charge is 0.378 e. The number of rotatable bonds is 4. The molecule has 2 atom stereocenters. The van der Waals surface area contributed by atoms with E-state index < -0.39 is 0 Å². The number of carbonyl (C=O) groups is 1. The second kappa shape index (κ2) is 7.22. The SMILES string of the molecule is CC(C(=O)N1CCOCC1)N(C)CC1CCCCN1. The Hall–Kier alpha value is -0.650. The van der Waals surface area contributed by atoms with Gasteiger partial charge in [0.05, 0.1) is 19.3 Å². The number of nitrogens with zero attached hydrogens (tertiary/aromatic N) is 2. The topological polar surface area (TPSA) is 44.8 Å². The normalized spacial score (nSPS) is 26.5. The van der Waals surface area contributed by atoms with Crippen LogP contribution in [0.25, 0.3) is 0 Å². The van der Waals surface area contributed by atoms with Crippen molar-refractivity contribution in [2.75, 3.05) is 46.4 Å². The van der Waals surface area contributed by atoms with Crippen LogP contribution in [-0.2, 0) is 9.53 Å². The molecule has 2 heterocycles. The lowest BCUT2D eigenvalue weighted by atomic mass is 10.0. The summed E-state index contributed by atoms with van der Waals surface area (Å²) in [7, 11) is 2.05. The van der Waals surface area contributed by atoms with E-state index in [-0.39, 0.29) is 11.9 Å². The molecule has 2 rings (SSSR count). The average molecular weight is 269 g/mol. The molecule has 5 heteroatoms. The molecule has 2 aliphatic heterocycles. The Morgan fingerprint density at radius 3 is 2.79 bits per heavy atom. The maximum absolute atomic E-state index is 12.4. The molecular formula is C14H27N3O2. The first kappa shape index (κ1) is 14.8. The van der Waals surface area contributed by atoms with E-state index in [9.17, 15) is 4.79 Å². The van der Waals surface area contributed by atoms with Crippen molar-refractivity contribution in [3.05, 3.63) is 0 Å². The van der Waals surface area contributed by atoms with Gasteiger partial charge in [0.25, 0.3) is 0 Å². The first-order valence-electron chi connectivity index (χ1n) is 7.48. The Morgan fingerprint density at radius 1 is 1.42 bits per heavy atom. The van der Waals surface area contributed by atoms with E-state index in [2.05, 4.69) is 17.3 Å². The van der Waals surface area contributed by atoms with Crippen molar-refractivity contribution in [3.63, 3.8) is 0 Å². The molecule has 0 bridgehead atoms. The molecule has 19 heavy (non-hydrogen) atoms. The number of amides is 1. The molecule has 0 aromatic rings. The van der Waals surface area contributed by atoms with Gasteiger partial charge in [0.1, 0.15) is 0 Å². The van der Waals surface area contributed by atoms with Crippen LogP contribution in [0.5, 0.6) is 0 Å². The molecule has 0 aromatic carbocycles. The molecule has 2 fully saturated rings. The lowest BCUT2D eigenvalue weighted by Gasteiger charge is -2.35. The van der Waals surface area contributed by atoms with Crippen molar-refractivity contribution in [1.82, 2.24) is 15.1 Å². The van der Waals surface area contributed by atoms with E-state index in [1.807, 2.05) is 11.8 Å². The summed E-state index contributed by atoms with van der Waals surface area (Å²) in [6, 6.07) is 0.500. The van der Waals surface area contributed by atoms with Gasteiger partial charge in [-0.15, -0.1) is 0 Å². The number of nitrogens with one attached hydrogen (secondary N) is 1. The molecule has 1 N–H and O–H groups in total. The molecule has 110 valence electrons. The van der Waals surface area contributed by atoms with E-state index >= 15 is 0 Å². The van der Waals surface area contributed by atoms with Crippen LogP contribution in [-0.4, -0.2) is 74.2 Å². The van der Waals surface area contributed by atoms with E-state index in [4.69, 9.17) is 4.74 Å². The zero-order valence-electron chi connectivity index (χ0n) is 12.2. The van der Waals surface area contributed by atoms with Crippen molar-refractivity contribution in [2.24, 2.45) is 0 Å². The van der Waals surface area contributed by atoms with E-state index in [1.54, 1.807) is 0 Å². The van der Waals surface area contributed by atoms with Gasteiger partial charge in [-0.05, 0) is 33.4 Å². The van der Waals surface area contributed by atoms with Crippen LogP contribution < -0.4 is 5.32 Å². The molecule has 0 aliphatic carbocycles. The van der Waals surface area contributed by atoms with Gasteiger partial charge in [0, 0.05) is 25.7 Å². The minimum Gasteiger partial charge on any atom is -0.378 e. The number of hydrogen-bond donors (Lipinski definition) is 1. The third kappa shape index (κ3) is 4.16. The Balaban J connectivity index is 1.79. The summed E-state index contributed by atoms with van der Waals surface area (Å²) in [6.45, 7) is 6.90. The number of hydrogen-bond acceptors (Lipinski definition) is 4. The van der Waals surface area contributed by atoms with Crippen LogP contribution in [0, 0.1) is 0 Å². The first-order valence-corrected chi connectivity index (χ1v) is 7.48. The quantitative estimate of drug-likeness (QED) is 0.798. The smallest absolute Gasteiger partial charge is 0.239 e. The highest BCUT2D eigenvalue weighted by atomic mass is 16.5. The lowest BCUT2D eigenvalue weighted by molar-refractivity contribution is -0.140. The summed E-state index contributed by atoms with van der Waals surface area (Å²) in [5.74, 6) is 0.238. The first-order chi connectivity index (χ1) is 9.18. The molecule has 5 nitrogen and oxygen atoms in total. The lowest BCUT2D eigenvalue weighted by Crippen LogP contribution is -2.52. The summed E-state index contributed by atoms with van der Waals surface area (Å²) in [4.78, 5) is 16.5. The van der Waals surface area contributed by atoms with Crippen molar-refractivity contribution < 1.29 is 9.53 Å². The Morgan fingerprint density at radius 2 is 2.16 bits per heavy atom. The van der Waals surface area contributed by atoms with Crippen molar-refractivity contribution >= 4 is 5.91 Å². The minimum absolute atomic E-state index is 0.0400. The summed E-state index contributed by atoms with van der Waals surface area (Å²) >= 11 is 0. The van der Waals surface area contributed by atoms with Crippen LogP contribution in [0.1, 0.15) is 26.2 Å². The maximum atomic E-state index is 12.4. The zero-order valence-corrected chi connectivity index (χ0v) is 12.2. The van der Waals surface area contributed by atoms with Crippen molar-refractivity contribution in [2.45, 2.75) is 38.3 Å². The predicted molar refractivity (Wildman–Crippen MR) is 75.1 cm³/mol. The van der Waals surface area contributed by atoms with Gasteiger partial charge >= 0.3 is 0 Å². The maximum Gasteiger partial charge on any atom is 0.239 e. The van der Waals surface area contributed by atoms with Gasteiger partial charge in [-0.1, -0.05) is 6.42 Å². The molecule has 0 saturated carbocycles. The van der Waals surface area contributed by atoms with Crippen molar-refractivity contribution in [3.8, 4) is 0 Å². The zero-order chi connectivity index (χ0) is 13.7. The van der Waals surface area contributed by atoms with E-state index in [0.717, 1.165) is 26.2 Å². The number of morpholine rings is 1. The molecule has 2 unspecified atom stereocenters. The van der Waals surface area contributed by atoms with Gasteiger partial charge in [0.2, 0.25) is 5.91 Å². The van der Waals surface area contributed by atoms with Crippen molar-refractivity contribution in [1.29, 1.82) is 0 Å². The van der Waals surface area contributed by atoms with Crippen LogP contribution >= 0.6 is 0 Å². The number of carbonyl (C=O) groups excluding carboxylic acids is 1. The third-order valence-electron chi connectivity index (χ3n) is 4.26. The molecule has 2 saturated heterocycles. The molecule has 0 radical (unpaired) electrons. The Labute approximate surface area is 116 Å². The molecular weight excluding hydrogens is 242 g/mol. The third-order valence-corrected chi connectivity index (χ3v) is 4.26. The second-order valence-electron chi connectivity index (χ2n) is 5.70. The fourth-order valence-corrected chi connectivity index (χ4v) is 2.82. The van der Waals surface area contributed by atoms with Gasteiger partial charge < -0.3 is 15.0 Å². The fraction of sp³-hybridized carbons (Fsp3) is 0.929. The van der Waals surface area contributed by atoms with Crippen LogP contribution in [0.15, 0.2) is 0 Å². The van der Waals surface area contributed by atoms with Crippen LogP contribution in [0.3, 0.4) is 0 Å². The summed E-state index contributed by atoms with van der Waals surface area (Å²) in [6.07, 6.45) is 3.81. The Bertz CT molecular complexity index is 286. The Kier molecular flexibility index (Phi) is 5.60. The van der Waals surface area contributed by atoms with Crippen LogP contribution in [0.4, 0.5) is 0 Å². The number of piperidine rings is 1. The molecule has 1 amide bonds. The monoisotopic (exact) mass is 269 g/mol. The summed E-state index contributed by atoms with van der Waals surface area (Å²) < 4.78 is 5.29. The highest BCUT2D eigenvalue weighted by Gasteiger charge is 2.26. The van der Waals surface area contributed by atoms with E-state index in [1.165, 1.54) is 19.3 Å². The molecule has 2 aliphatic rings. The summed E-state index contributed by atoms with van der Waals surface area (Å²) in [5, 5.41) is 3.54. The fourth-order valence-electron chi connectivity index (χ4n) is 2.82. The molecule has 0 aromatic heterocycles. The van der Waals surface area contributed by atoms with Crippen LogP contribution in [0.2, 0.25) is 0 Å². The van der Waals surface area contributed by atoms with Gasteiger partial charge in [0.15, 0.2) is 0 Å². The molecule has 0 spiro atoms. The minimum atomic E-state index is -0.0400. The highest BCUT2D eigenvalue weighted by Crippen LogP contribution is 2.11. The summed E-state index contributed by atoms with van der Waals surface area (Å²) in [5.41, 5.74) is 0. The number of likely N-dealkylation sites (N-methyl/N-ethyl adjacent to an activating group) is 1. The van der Waals surface area contributed by atoms with E-state index in [0.29, 0.717) is 19.3 Å². The second-order valence-corrected chi connectivity index (χ2v) is 5.70. The van der Waals surface area contributed by atoms with Gasteiger partial charge in [-0.25, -0.2) is 0 Å². The predicted octanol–water partition coefficient (Wildman–Crippen LogP) is 0.308. The van der Waals surface area contributed by atoms with Gasteiger partial charge in [-0.3, -0.25) is 9.69 Å². The standard InChI is InChI=1S/C14H27N3O2/c1-12(14(18)17-7-9-19-10-8-17)16(2)11-13-5-3-4-6-15-13/h12-13,15H,3-11H2,1-2H3. The van der Waals surface area contributed by atoms with Gasteiger partial charge in [-0.2, -0.15) is 0 Å². The highest BCUT2D eigenvalue weighted by molar-refractivity contribution is 5.81.